The highest BCUT2D eigenvalue weighted by molar-refractivity contribution is 8.01. The second-order valence-corrected chi connectivity index (χ2v) is 7.03. The van der Waals surface area contributed by atoms with Gasteiger partial charge in [-0.1, -0.05) is 30.0 Å². The molecule has 0 aliphatic carbocycles. The fourth-order valence-electron chi connectivity index (χ4n) is 1.26. The van der Waals surface area contributed by atoms with Crippen LogP contribution in [0.1, 0.15) is 6.92 Å². The summed E-state index contributed by atoms with van der Waals surface area (Å²) in [5.41, 5.74) is 0. The molecule has 1 unspecified atom stereocenters. The van der Waals surface area contributed by atoms with E-state index in [2.05, 4.69) is 14.9 Å². The molecule has 18 heteroatoms. The Hall–Kier alpha value is -1.43. The molecule has 0 spiro atoms. The van der Waals surface area contributed by atoms with Crippen molar-refractivity contribution in [1.29, 1.82) is 0 Å². The minimum Gasteiger partial charge on any atom is -0.295 e. The zero-order valence-corrected chi connectivity index (χ0v) is 14.5. The molecule has 1 aromatic heterocycles. The number of halogens is 11. The molecule has 1 heterocycles. The predicted molar refractivity (Wildman–Crippen MR) is 71.9 cm³/mol. The molecule has 0 saturated heterocycles. The standard InChI is InChI=1S/C10H6F11N3O2S2/c1-2-27-5-24-23-4(28-5)22-3(25)6(11,8(14,15)16)26-10(20,21)7(12,13)9(17,18)19/h2H2,1H3,(H,22,23,25). The average molecular weight is 473 g/mol. The summed E-state index contributed by atoms with van der Waals surface area (Å²) >= 11 is 1.30. The third kappa shape index (κ3) is 4.76. The van der Waals surface area contributed by atoms with Crippen molar-refractivity contribution in [3.8, 4) is 0 Å². The first-order valence-electron chi connectivity index (χ1n) is 6.45. The van der Waals surface area contributed by atoms with Gasteiger partial charge >= 0.3 is 36.1 Å². The molecule has 0 bridgehead atoms. The summed E-state index contributed by atoms with van der Waals surface area (Å²) in [7, 11) is 0. The number of aromatic nitrogens is 2. The third-order valence-electron chi connectivity index (χ3n) is 2.54. The molecule has 0 radical (unpaired) electrons. The highest BCUT2D eigenvalue weighted by Crippen LogP contribution is 2.51. The first kappa shape index (κ1) is 24.6. The molecule has 162 valence electrons. The number of amides is 1. The van der Waals surface area contributed by atoms with Gasteiger partial charge in [0.15, 0.2) is 4.34 Å². The minimum atomic E-state index is -7.25. The largest absolute Gasteiger partial charge is 0.462 e. The van der Waals surface area contributed by atoms with Crippen molar-refractivity contribution in [2.45, 2.75) is 41.5 Å². The molecule has 0 aromatic carbocycles. The van der Waals surface area contributed by atoms with Gasteiger partial charge < -0.3 is 0 Å². The second kappa shape index (κ2) is 7.77. The van der Waals surface area contributed by atoms with Gasteiger partial charge in [-0.15, -0.1) is 10.2 Å². The van der Waals surface area contributed by atoms with Crippen LogP contribution in [0.5, 0.6) is 0 Å². The molecule has 28 heavy (non-hydrogen) atoms. The normalized spacial score (nSPS) is 16.0. The summed E-state index contributed by atoms with van der Waals surface area (Å²) in [6.45, 7) is 1.61. The van der Waals surface area contributed by atoms with Crippen LogP contribution in [0.15, 0.2) is 4.34 Å². The maximum absolute atomic E-state index is 14.0. The molecular weight excluding hydrogens is 467 g/mol. The van der Waals surface area contributed by atoms with Crippen molar-refractivity contribution >= 4 is 34.1 Å². The molecule has 1 rings (SSSR count). The van der Waals surface area contributed by atoms with Crippen LogP contribution < -0.4 is 5.32 Å². The Labute approximate surface area is 155 Å². The van der Waals surface area contributed by atoms with Gasteiger partial charge in [0, 0.05) is 0 Å². The van der Waals surface area contributed by atoms with E-state index in [1.54, 1.807) is 6.92 Å². The van der Waals surface area contributed by atoms with Gasteiger partial charge in [0.25, 0.3) is 0 Å². The SMILES string of the molecule is CCSc1nnc(NC(=O)C(F)(OC(F)(F)C(F)(F)C(F)(F)F)C(F)(F)F)s1. The van der Waals surface area contributed by atoms with Crippen LogP contribution in [0.25, 0.3) is 0 Å². The van der Waals surface area contributed by atoms with Gasteiger partial charge in [0.05, 0.1) is 0 Å². The van der Waals surface area contributed by atoms with Gasteiger partial charge in [0.1, 0.15) is 0 Å². The maximum Gasteiger partial charge on any atom is 0.462 e. The van der Waals surface area contributed by atoms with Gasteiger partial charge in [0.2, 0.25) is 5.13 Å². The van der Waals surface area contributed by atoms with Crippen LogP contribution in [-0.2, 0) is 9.53 Å². The lowest BCUT2D eigenvalue weighted by atomic mass is 10.2. The number of carbonyl (C=O) groups is 1. The Balaban J connectivity index is 3.22. The molecule has 5 nitrogen and oxygen atoms in total. The smallest absolute Gasteiger partial charge is 0.295 e. The van der Waals surface area contributed by atoms with E-state index in [4.69, 9.17) is 0 Å². The molecule has 0 fully saturated rings. The highest BCUT2D eigenvalue weighted by Gasteiger charge is 2.79. The number of ether oxygens (including phenoxy) is 1. The molecular formula is C10H6F11N3O2S2. The average Bonchev–Trinajstić information content (AvgIpc) is 2.91. The molecule has 1 amide bonds. The van der Waals surface area contributed by atoms with E-state index >= 15 is 0 Å². The number of nitrogens with one attached hydrogen (secondary N) is 1. The Morgan fingerprint density at radius 2 is 1.54 bits per heavy atom. The van der Waals surface area contributed by atoms with E-state index in [1.807, 2.05) is 0 Å². The minimum absolute atomic E-state index is 0.0316. The molecule has 1 atom stereocenters. The van der Waals surface area contributed by atoms with Crippen LogP contribution >= 0.6 is 23.1 Å². The lowest BCUT2D eigenvalue weighted by Crippen LogP contribution is -2.62. The molecule has 0 aliphatic heterocycles. The number of rotatable bonds is 7. The fourth-order valence-corrected chi connectivity index (χ4v) is 2.90. The number of alkyl halides is 11. The van der Waals surface area contributed by atoms with Crippen LogP contribution in [0.4, 0.5) is 53.4 Å². The summed E-state index contributed by atoms with van der Waals surface area (Å²) in [5, 5.41) is 6.48. The van der Waals surface area contributed by atoms with Crippen molar-refractivity contribution in [1.82, 2.24) is 10.2 Å². The third-order valence-corrected chi connectivity index (χ3v) is 4.40. The lowest BCUT2D eigenvalue weighted by Gasteiger charge is -2.33. The van der Waals surface area contributed by atoms with E-state index in [-0.39, 0.29) is 4.34 Å². The number of hydrogen-bond donors (Lipinski definition) is 1. The van der Waals surface area contributed by atoms with Crippen LogP contribution in [0.2, 0.25) is 0 Å². The topological polar surface area (TPSA) is 64.1 Å². The van der Waals surface area contributed by atoms with Crippen LogP contribution in [-0.4, -0.2) is 52.1 Å². The van der Waals surface area contributed by atoms with E-state index in [0.717, 1.165) is 17.1 Å². The number of anilines is 1. The summed E-state index contributed by atoms with van der Waals surface area (Å²) in [5.74, 6) is -16.3. The van der Waals surface area contributed by atoms with Gasteiger partial charge in [-0.3, -0.25) is 14.8 Å². The zero-order valence-electron chi connectivity index (χ0n) is 12.9. The second-order valence-electron chi connectivity index (χ2n) is 4.54. The number of thioether (sulfide) groups is 1. The van der Waals surface area contributed by atoms with Crippen LogP contribution in [0.3, 0.4) is 0 Å². The first-order chi connectivity index (χ1) is 12.4. The predicted octanol–water partition coefficient (Wildman–Crippen LogP) is 4.62. The molecule has 0 saturated carbocycles. The molecule has 0 aliphatic rings. The zero-order chi connectivity index (χ0) is 22.2. The number of carbonyl (C=O) groups excluding carboxylic acids is 1. The van der Waals surface area contributed by atoms with E-state index in [1.165, 1.54) is 0 Å². The van der Waals surface area contributed by atoms with Gasteiger partial charge in [-0.2, -0.15) is 48.3 Å². The Kier molecular flexibility index (Phi) is 6.83. The highest BCUT2D eigenvalue weighted by atomic mass is 32.2. The number of nitrogens with zero attached hydrogens (tertiary/aromatic N) is 2. The first-order valence-corrected chi connectivity index (χ1v) is 8.25. The quantitative estimate of drug-likeness (QED) is 0.356. The lowest BCUT2D eigenvalue weighted by molar-refractivity contribution is -0.472. The van der Waals surface area contributed by atoms with Crippen molar-refractivity contribution in [2.75, 3.05) is 11.1 Å². The summed E-state index contributed by atoms with van der Waals surface area (Å²) in [6.07, 6.45) is -21.0. The van der Waals surface area contributed by atoms with E-state index < -0.39 is 41.3 Å². The number of hydrogen-bond acceptors (Lipinski definition) is 6. The monoisotopic (exact) mass is 473 g/mol. The van der Waals surface area contributed by atoms with E-state index in [0.29, 0.717) is 17.1 Å². The summed E-state index contributed by atoms with van der Waals surface area (Å²) < 4.78 is 142. The Bertz CT molecular complexity index is 706. The van der Waals surface area contributed by atoms with Crippen molar-refractivity contribution in [3.63, 3.8) is 0 Å². The Morgan fingerprint density at radius 1 is 1.00 bits per heavy atom. The van der Waals surface area contributed by atoms with Crippen molar-refractivity contribution < 1.29 is 57.8 Å². The summed E-state index contributed by atoms with van der Waals surface area (Å²) in [6, 6.07) is 0. The Morgan fingerprint density at radius 3 is 1.96 bits per heavy atom. The fraction of sp³-hybridized carbons (Fsp3) is 0.700. The van der Waals surface area contributed by atoms with Gasteiger partial charge in [-0.05, 0) is 5.75 Å². The van der Waals surface area contributed by atoms with Gasteiger partial charge in [-0.25, -0.2) is 0 Å². The maximum atomic E-state index is 14.0. The molecule has 1 aromatic rings. The summed E-state index contributed by atoms with van der Waals surface area (Å²) in [4.78, 5) is 11.4. The van der Waals surface area contributed by atoms with Crippen LogP contribution in [0, 0.1) is 0 Å². The van der Waals surface area contributed by atoms with Crippen molar-refractivity contribution in [2.24, 2.45) is 0 Å². The molecule has 1 N–H and O–H groups in total. The van der Waals surface area contributed by atoms with E-state index in [9.17, 15) is 53.1 Å². The van der Waals surface area contributed by atoms with Crippen molar-refractivity contribution in [3.05, 3.63) is 0 Å².